The Hall–Kier alpha value is -2.30. The smallest absolute Gasteiger partial charge is 0.156 e. The first kappa shape index (κ1) is 15.1. The Labute approximate surface area is 124 Å². The zero-order chi connectivity index (χ0) is 15.6. The zero-order valence-corrected chi connectivity index (χ0v) is 12.9. The van der Waals surface area contributed by atoms with Gasteiger partial charge in [0, 0.05) is 11.6 Å². The van der Waals surface area contributed by atoms with E-state index < -0.39 is 0 Å². The number of hydrogen-bond donors (Lipinski definition) is 1. The molecule has 1 aromatic carbocycles. The number of aldehydes is 1. The van der Waals surface area contributed by atoms with Gasteiger partial charge in [0.25, 0.3) is 0 Å². The fourth-order valence-electron chi connectivity index (χ4n) is 2.28. The number of carbonyl (C=O) groups is 1. The highest BCUT2D eigenvalue weighted by atomic mass is 16.5. The molecule has 112 valence electrons. The van der Waals surface area contributed by atoms with Gasteiger partial charge in [-0.05, 0) is 39.8 Å². The van der Waals surface area contributed by atoms with Crippen molar-refractivity contribution >= 4 is 12.1 Å². The first-order valence-corrected chi connectivity index (χ1v) is 7.06. The molecule has 0 aliphatic carbocycles. The van der Waals surface area contributed by atoms with Crippen molar-refractivity contribution in [3.63, 3.8) is 0 Å². The van der Waals surface area contributed by atoms with Crippen LogP contribution in [0, 0.1) is 6.92 Å². The van der Waals surface area contributed by atoms with Gasteiger partial charge < -0.3 is 10.5 Å². The minimum Gasteiger partial charge on any atom is -0.493 e. The molecular formula is C16H21N3O2. The number of ether oxygens (including phenoxy) is 1. The second-order valence-corrected chi connectivity index (χ2v) is 5.24. The van der Waals surface area contributed by atoms with Gasteiger partial charge in [-0.15, -0.1) is 0 Å². The van der Waals surface area contributed by atoms with E-state index in [2.05, 4.69) is 5.10 Å². The van der Waals surface area contributed by atoms with Gasteiger partial charge in [-0.2, -0.15) is 5.10 Å². The molecular weight excluding hydrogens is 266 g/mol. The van der Waals surface area contributed by atoms with Crippen molar-refractivity contribution in [1.29, 1.82) is 0 Å². The lowest BCUT2D eigenvalue weighted by Crippen LogP contribution is -2.07. The molecule has 2 rings (SSSR count). The number of aromatic nitrogens is 2. The molecule has 0 radical (unpaired) electrons. The Morgan fingerprint density at radius 3 is 2.71 bits per heavy atom. The SMILES string of the molecule is CCOc1ccc(C)cc1-c1nn(C(C)C)c(N)c1C=O. The molecule has 0 saturated heterocycles. The van der Waals surface area contributed by atoms with Crippen LogP contribution in [0.3, 0.4) is 0 Å². The highest BCUT2D eigenvalue weighted by Gasteiger charge is 2.20. The van der Waals surface area contributed by atoms with Crippen molar-refractivity contribution in [2.45, 2.75) is 33.7 Å². The summed E-state index contributed by atoms with van der Waals surface area (Å²) >= 11 is 0. The van der Waals surface area contributed by atoms with Gasteiger partial charge in [0.1, 0.15) is 17.3 Å². The molecule has 0 saturated carbocycles. The summed E-state index contributed by atoms with van der Waals surface area (Å²) in [5.41, 5.74) is 8.90. The highest BCUT2D eigenvalue weighted by Crippen LogP contribution is 2.35. The molecule has 2 aromatic rings. The summed E-state index contributed by atoms with van der Waals surface area (Å²) in [5, 5.41) is 4.51. The number of benzene rings is 1. The molecule has 0 aliphatic heterocycles. The molecule has 5 heteroatoms. The van der Waals surface area contributed by atoms with Crippen LogP contribution < -0.4 is 10.5 Å². The number of anilines is 1. The first-order chi connectivity index (χ1) is 9.99. The predicted octanol–water partition coefficient (Wildman–Crippen LogP) is 3.23. The summed E-state index contributed by atoms with van der Waals surface area (Å²) in [6.45, 7) is 8.41. The lowest BCUT2D eigenvalue weighted by Gasteiger charge is -2.10. The summed E-state index contributed by atoms with van der Waals surface area (Å²) in [5.74, 6) is 1.10. The largest absolute Gasteiger partial charge is 0.493 e. The first-order valence-electron chi connectivity index (χ1n) is 7.06. The Kier molecular flexibility index (Phi) is 4.31. The summed E-state index contributed by atoms with van der Waals surface area (Å²) in [4.78, 5) is 11.4. The molecule has 2 N–H and O–H groups in total. The van der Waals surface area contributed by atoms with E-state index in [9.17, 15) is 4.79 Å². The minimum absolute atomic E-state index is 0.0813. The number of rotatable bonds is 5. The molecule has 1 heterocycles. The highest BCUT2D eigenvalue weighted by molar-refractivity contribution is 5.93. The number of nitrogen functional groups attached to an aromatic ring is 1. The van der Waals surface area contributed by atoms with Crippen LogP contribution in [0.1, 0.15) is 42.7 Å². The van der Waals surface area contributed by atoms with Crippen molar-refractivity contribution in [3.8, 4) is 17.0 Å². The Bertz CT molecular complexity index is 660. The van der Waals surface area contributed by atoms with Gasteiger partial charge in [-0.25, -0.2) is 4.68 Å². The third-order valence-electron chi connectivity index (χ3n) is 3.28. The van der Waals surface area contributed by atoms with Gasteiger partial charge in [0.15, 0.2) is 6.29 Å². The van der Waals surface area contributed by atoms with Crippen molar-refractivity contribution in [3.05, 3.63) is 29.3 Å². The van der Waals surface area contributed by atoms with Crippen LogP contribution in [0.15, 0.2) is 18.2 Å². The summed E-state index contributed by atoms with van der Waals surface area (Å²) in [6, 6.07) is 5.91. The number of nitrogens with zero attached hydrogens (tertiary/aromatic N) is 2. The third kappa shape index (κ3) is 2.77. The van der Waals surface area contributed by atoms with Crippen LogP contribution in [-0.2, 0) is 0 Å². The number of nitrogens with two attached hydrogens (primary N) is 1. The van der Waals surface area contributed by atoms with Crippen LogP contribution in [0.25, 0.3) is 11.3 Å². The second-order valence-electron chi connectivity index (χ2n) is 5.24. The van der Waals surface area contributed by atoms with E-state index in [1.807, 2.05) is 45.9 Å². The van der Waals surface area contributed by atoms with Crippen LogP contribution in [0.2, 0.25) is 0 Å². The maximum atomic E-state index is 11.4. The summed E-state index contributed by atoms with van der Waals surface area (Å²) in [6.07, 6.45) is 0.759. The molecule has 0 fully saturated rings. The second kappa shape index (κ2) is 5.99. The molecule has 21 heavy (non-hydrogen) atoms. The third-order valence-corrected chi connectivity index (χ3v) is 3.28. The van der Waals surface area contributed by atoms with Crippen LogP contribution >= 0.6 is 0 Å². The molecule has 1 aromatic heterocycles. The molecule has 5 nitrogen and oxygen atoms in total. The van der Waals surface area contributed by atoms with E-state index in [1.54, 1.807) is 4.68 Å². The van der Waals surface area contributed by atoms with Gasteiger partial charge in [0.05, 0.1) is 12.2 Å². The normalized spacial score (nSPS) is 10.9. The molecule has 0 aliphatic rings. The van der Waals surface area contributed by atoms with Crippen molar-refractivity contribution in [2.24, 2.45) is 0 Å². The van der Waals surface area contributed by atoms with Crippen molar-refractivity contribution in [2.75, 3.05) is 12.3 Å². The fourth-order valence-corrected chi connectivity index (χ4v) is 2.28. The molecule has 0 atom stereocenters. The van der Waals surface area contributed by atoms with E-state index in [0.29, 0.717) is 29.4 Å². The molecule has 0 amide bonds. The van der Waals surface area contributed by atoms with E-state index in [0.717, 1.165) is 17.4 Å². The van der Waals surface area contributed by atoms with Gasteiger partial charge in [-0.1, -0.05) is 11.6 Å². The fraction of sp³-hybridized carbons (Fsp3) is 0.375. The number of carbonyl (C=O) groups excluding carboxylic acids is 1. The monoisotopic (exact) mass is 287 g/mol. The predicted molar refractivity (Wildman–Crippen MR) is 83.8 cm³/mol. The summed E-state index contributed by atoms with van der Waals surface area (Å²) < 4.78 is 7.31. The minimum atomic E-state index is 0.0813. The van der Waals surface area contributed by atoms with E-state index in [4.69, 9.17) is 10.5 Å². The average molecular weight is 287 g/mol. The topological polar surface area (TPSA) is 70.1 Å². The van der Waals surface area contributed by atoms with E-state index in [1.165, 1.54) is 0 Å². The molecule has 0 spiro atoms. The van der Waals surface area contributed by atoms with Crippen LogP contribution in [-0.4, -0.2) is 22.7 Å². The number of hydrogen-bond acceptors (Lipinski definition) is 4. The van der Waals surface area contributed by atoms with Crippen LogP contribution in [0.4, 0.5) is 5.82 Å². The lowest BCUT2D eigenvalue weighted by atomic mass is 10.0. The molecule has 0 unspecified atom stereocenters. The maximum Gasteiger partial charge on any atom is 0.156 e. The zero-order valence-electron chi connectivity index (χ0n) is 12.9. The summed E-state index contributed by atoms with van der Waals surface area (Å²) in [7, 11) is 0. The number of aryl methyl sites for hydroxylation is 1. The lowest BCUT2D eigenvalue weighted by molar-refractivity contribution is 0.112. The Morgan fingerprint density at radius 1 is 1.43 bits per heavy atom. The van der Waals surface area contributed by atoms with E-state index in [-0.39, 0.29) is 6.04 Å². The maximum absolute atomic E-state index is 11.4. The standard InChI is InChI=1S/C16H21N3O2/c1-5-21-14-7-6-11(4)8-12(14)15-13(9-20)16(17)19(18-15)10(2)3/h6-10H,5,17H2,1-4H3. The Balaban J connectivity index is 2.68. The van der Waals surface area contributed by atoms with Gasteiger partial charge >= 0.3 is 0 Å². The van der Waals surface area contributed by atoms with Crippen molar-refractivity contribution in [1.82, 2.24) is 9.78 Å². The quantitative estimate of drug-likeness (QED) is 0.857. The van der Waals surface area contributed by atoms with Gasteiger partial charge in [-0.3, -0.25) is 4.79 Å². The Morgan fingerprint density at radius 2 is 2.14 bits per heavy atom. The van der Waals surface area contributed by atoms with Gasteiger partial charge in [0.2, 0.25) is 0 Å². The van der Waals surface area contributed by atoms with Crippen molar-refractivity contribution < 1.29 is 9.53 Å². The van der Waals surface area contributed by atoms with E-state index >= 15 is 0 Å². The molecule has 0 bridgehead atoms. The van der Waals surface area contributed by atoms with Crippen LogP contribution in [0.5, 0.6) is 5.75 Å². The average Bonchev–Trinajstić information content (AvgIpc) is 2.78.